The van der Waals surface area contributed by atoms with Crippen LogP contribution in [0.1, 0.15) is 37.0 Å². The van der Waals surface area contributed by atoms with Crippen molar-refractivity contribution in [3.63, 3.8) is 0 Å². The summed E-state index contributed by atoms with van der Waals surface area (Å²) in [5.74, 6) is 0.0517. The second kappa shape index (κ2) is 5.83. The van der Waals surface area contributed by atoms with E-state index in [0.29, 0.717) is 24.2 Å². The van der Waals surface area contributed by atoms with Gasteiger partial charge in [0.2, 0.25) is 10.0 Å². The number of amides is 1. The van der Waals surface area contributed by atoms with E-state index >= 15 is 0 Å². The van der Waals surface area contributed by atoms with Crippen molar-refractivity contribution in [2.24, 2.45) is 0 Å². The summed E-state index contributed by atoms with van der Waals surface area (Å²) in [5.41, 5.74) is 1.17. The molecule has 110 valence electrons. The SMILES string of the molecule is CC(C)NC(=O)c1ccc(N2CCCCS2(=O)=O)cc1. The average molecular weight is 296 g/mol. The van der Waals surface area contributed by atoms with Gasteiger partial charge in [-0.1, -0.05) is 0 Å². The monoisotopic (exact) mass is 296 g/mol. The van der Waals surface area contributed by atoms with Crippen LogP contribution in [-0.2, 0) is 10.0 Å². The Hall–Kier alpha value is -1.56. The van der Waals surface area contributed by atoms with Crippen molar-refractivity contribution in [2.45, 2.75) is 32.7 Å². The van der Waals surface area contributed by atoms with Gasteiger partial charge in [0.1, 0.15) is 0 Å². The zero-order valence-electron chi connectivity index (χ0n) is 11.8. The predicted octanol–water partition coefficient (Wildman–Crippen LogP) is 1.75. The topological polar surface area (TPSA) is 66.5 Å². The minimum atomic E-state index is -3.20. The van der Waals surface area contributed by atoms with Crippen molar-refractivity contribution in [3.8, 4) is 0 Å². The number of nitrogens with zero attached hydrogens (tertiary/aromatic N) is 1. The smallest absolute Gasteiger partial charge is 0.251 e. The Kier molecular flexibility index (Phi) is 4.32. The van der Waals surface area contributed by atoms with Crippen LogP contribution in [-0.4, -0.2) is 32.7 Å². The quantitative estimate of drug-likeness (QED) is 0.924. The van der Waals surface area contributed by atoms with Gasteiger partial charge in [-0.15, -0.1) is 0 Å². The molecule has 0 aliphatic carbocycles. The molecule has 1 amide bonds. The number of hydrogen-bond acceptors (Lipinski definition) is 3. The van der Waals surface area contributed by atoms with Crippen molar-refractivity contribution < 1.29 is 13.2 Å². The van der Waals surface area contributed by atoms with Crippen LogP contribution in [0.2, 0.25) is 0 Å². The van der Waals surface area contributed by atoms with Gasteiger partial charge >= 0.3 is 0 Å². The third-order valence-electron chi connectivity index (χ3n) is 3.19. The van der Waals surface area contributed by atoms with Gasteiger partial charge in [-0.3, -0.25) is 9.10 Å². The van der Waals surface area contributed by atoms with Gasteiger partial charge in [0.15, 0.2) is 0 Å². The molecule has 1 aromatic rings. The number of carbonyl (C=O) groups excluding carboxylic acids is 1. The first-order valence-electron chi connectivity index (χ1n) is 6.81. The van der Waals surface area contributed by atoms with E-state index in [2.05, 4.69) is 5.32 Å². The van der Waals surface area contributed by atoms with E-state index in [1.165, 1.54) is 4.31 Å². The Morgan fingerprint density at radius 3 is 2.40 bits per heavy atom. The summed E-state index contributed by atoms with van der Waals surface area (Å²) in [6.45, 7) is 4.30. The molecule has 0 bridgehead atoms. The van der Waals surface area contributed by atoms with Gasteiger partial charge in [0.05, 0.1) is 11.4 Å². The lowest BCUT2D eigenvalue weighted by Gasteiger charge is -2.28. The van der Waals surface area contributed by atoms with Gasteiger partial charge in [0, 0.05) is 18.2 Å². The molecule has 1 fully saturated rings. The van der Waals surface area contributed by atoms with Crippen LogP contribution in [0.15, 0.2) is 24.3 Å². The van der Waals surface area contributed by atoms with Gasteiger partial charge < -0.3 is 5.32 Å². The molecule has 0 atom stereocenters. The molecule has 20 heavy (non-hydrogen) atoms. The zero-order chi connectivity index (χ0) is 14.8. The van der Waals surface area contributed by atoms with E-state index in [9.17, 15) is 13.2 Å². The predicted molar refractivity (Wildman–Crippen MR) is 79.4 cm³/mol. The van der Waals surface area contributed by atoms with Crippen molar-refractivity contribution in [2.75, 3.05) is 16.6 Å². The summed E-state index contributed by atoms with van der Waals surface area (Å²) >= 11 is 0. The molecule has 1 aromatic carbocycles. The first kappa shape index (κ1) is 14.8. The zero-order valence-corrected chi connectivity index (χ0v) is 12.6. The Morgan fingerprint density at radius 2 is 1.85 bits per heavy atom. The number of sulfonamides is 1. The summed E-state index contributed by atoms with van der Waals surface area (Å²) in [6.07, 6.45) is 1.59. The molecule has 1 saturated heterocycles. The van der Waals surface area contributed by atoms with Gasteiger partial charge in [-0.05, 0) is 51.0 Å². The van der Waals surface area contributed by atoms with Crippen molar-refractivity contribution in [1.29, 1.82) is 0 Å². The van der Waals surface area contributed by atoms with E-state index in [4.69, 9.17) is 0 Å². The number of anilines is 1. The van der Waals surface area contributed by atoms with E-state index < -0.39 is 10.0 Å². The highest BCUT2D eigenvalue weighted by Gasteiger charge is 2.25. The highest BCUT2D eigenvalue weighted by Crippen LogP contribution is 2.23. The Labute approximate surface area is 120 Å². The third-order valence-corrected chi connectivity index (χ3v) is 5.06. The maximum Gasteiger partial charge on any atom is 0.251 e. The summed E-state index contributed by atoms with van der Waals surface area (Å²) in [7, 11) is -3.20. The third kappa shape index (κ3) is 3.30. The molecule has 5 nitrogen and oxygen atoms in total. The highest BCUT2D eigenvalue weighted by molar-refractivity contribution is 7.92. The summed E-state index contributed by atoms with van der Waals surface area (Å²) in [6, 6.07) is 6.79. The minimum Gasteiger partial charge on any atom is -0.350 e. The largest absolute Gasteiger partial charge is 0.350 e. The van der Waals surface area contributed by atoms with Crippen LogP contribution < -0.4 is 9.62 Å². The standard InChI is InChI=1S/C14H20N2O3S/c1-11(2)15-14(17)12-5-7-13(8-6-12)16-9-3-4-10-20(16,18)19/h5-8,11H,3-4,9-10H2,1-2H3,(H,15,17). The van der Waals surface area contributed by atoms with Crippen LogP contribution in [0.4, 0.5) is 5.69 Å². The normalized spacial score (nSPS) is 18.1. The van der Waals surface area contributed by atoms with Gasteiger partial charge in [-0.2, -0.15) is 0 Å². The lowest BCUT2D eigenvalue weighted by Crippen LogP contribution is -2.37. The van der Waals surface area contributed by atoms with E-state index in [1.807, 2.05) is 13.8 Å². The lowest BCUT2D eigenvalue weighted by atomic mass is 10.2. The molecule has 0 radical (unpaired) electrons. The number of rotatable bonds is 3. The summed E-state index contributed by atoms with van der Waals surface area (Å²) in [5, 5.41) is 2.80. The fourth-order valence-corrected chi connectivity index (χ4v) is 3.84. The average Bonchev–Trinajstić information content (AvgIpc) is 2.37. The minimum absolute atomic E-state index is 0.0737. The lowest BCUT2D eigenvalue weighted by molar-refractivity contribution is 0.0943. The molecule has 6 heteroatoms. The molecular formula is C14H20N2O3S. The van der Waals surface area contributed by atoms with Crippen molar-refractivity contribution >= 4 is 21.6 Å². The molecule has 1 heterocycles. The van der Waals surface area contributed by atoms with E-state index in [0.717, 1.165) is 6.42 Å². The number of benzene rings is 1. The van der Waals surface area contributed by atoms with Gasteiger partial charge in [-0.25, -0.2) is 8.42 Å². The Morgan fingerprint density at radius 1 is 1.20 bits per heavy atom. The van der Waals surface area contributed by atoms with Crippen molar-refractivity contribution in [3.05, 3.63) is 29.8 Å². The molecule has 0 spiro atoms. The molecular weight excluding hydrogens is 276 g/mol. The molecule has 1 N–H and O–H groups in total. The van der Waals surface area contributed by atoms with Gasteiger partial charge in [0.25, 0.3) is 5.91 Å². The van der Waals surface area contributed by atoms with Crippen LogP contribution in [0.5, 0.6) is 0 Å². The maximum atomic E-state index is 12.0. The fourth-order valence-electron chi connectivity index (χ4n) is 2.20. The Balaban J connectivity index is 2.18. The number of hydrogen-bond donors (Lipinski definition) is 1. The maximum absolute atomic E-state index is 12.0. The molecule has 1 aliphatic heterocycles. The molecule has 0 aromatic heterocycles. The fraction of sp³-hybridized carbons (Fsp3) is 0.500. The van der Waals surface area contributed by atoms with E-state index in [-0.39, 0.29) is 17.7 Å². The first-order valence-corrected chi connectivity index (χ1v) is 8.42. The second-order valence-corrected chi connectivity index (χ2v) is 7.28. The van der Waals surface area contributed by atoms with E-state index in [1.54, 1.807) is 24.3 Å². The first-order chi connectivity index (χ1) is 9.40. The molecule has 2 rings (SSSR count). The van der Waals surface area contributed by atoms with Crippen molar-refractivity contribution in [1.82, 2.24) is 5.32 Å². The Bertz CT molecular complexity index is 579. The second-order valence-electron chi connectivity index (χ2n) is 5.27. The van der Waals surface area contributed by atoms with Crippen LogP contribution in [0.25, 0.3) is 0 Å². The summed E-state index contributed by atoms with van der Waals surface area (Å²) < 4.78 is 25.4. The molecule has 0 unspecified atom stereocenters. The van der Waals surface area contributed by atoms with Crippen LogP contribution in [0, 0.1) is 0 Å². The highest BCUT2D eigenvalue weighted by atomic mass is 32.2. The molecule has 1 aliphatic rings. The number of nitrogens with one attached hydrogen (secondary N) is 1. The summed E-state index contributed by atoms with van der Waals surface area (Å²) in [4.78, 5) is 11.8. The van der Waals surface area contributed by atoms with Crippen LogP contribution in [0.3, 0.4) is 0 Å². The van der Waals surface area contributed by atoms with Crippen LogP contribution >= 0.6 is 0 Å². The number of carbonyl (C=O) groups is 1. The molecule has 0 saturated carbocycles.